The maximum absolute atomic E-state index is 14.2. The number of pyridine rings is 1. The van der Waals surface area contributed by atoms with Crippen LogP contribution in [0.5, 0.6) is 0 Å². The third-order valence-electron chi connectivity index (χ3n) is 4.59. The van der Waals surface area contributed by atoms with E-state index in [4.69, 9.17) is 0 Å². The van der Waals surface area contributed by atoms with Gasteiger partial charge in [-0.3, -0.25) is 4.98 Å². The van der Waals surface area contributed by atoms with Gasteiger partial charge < -0.3 is 10.2 Å². The number of piperazine rings is 1. The van der Waals surface area contributed by atoms with Crippen LogP contribution in [0.2, 0.25) is 0 Å². The Labute approximate surface area is 151 Å². The fourth-order valence-corrected chi connectivity index (χ4v) is 4.78. The number of rotatable bonds is 3. The molecule has 8 heteroatoms. The van der Waals surface area contributed by atoms with Crippen LogP contribution in [0, 0.1) is 5.82 Å². The maximum Gasteiger partial charge on any atom is 0.271 e. The van der Waals surface area contributed by atoms with Gasteiger partial charge in [0.05, 0.1) is 11.2 Å². The summed E-state index contributed by atoms with van der Waals surface area (Å²) in [6, 6.07) is 9.06. The highest BCUT2D eigenvalue weighted by atomic mass is 32.2. The van der Waals surface area contributed by atoms with Crippen molar-refractivity contribution in [3.05, 3.63) is 54.6 Å². The zero-order valence-electron chi connectivity index (χ0n) is 14.3. The van der Waals surface area contributed by atoms with Crippen molar-refractivity contribution in [1.29, 1.82) is 0 Å². The van der Waals surface area contributed by atoms with Gasteiger partial charge in [0.25, 0.3) is 10.0 Å². The van der Waals surface area contributed by atoms with Crippen molar-refractivity contribution in [2.75, 3.05) is 24.5 Å². The normalized spacial score (nSPS) is 18.4. The highest BCUT2D eigenvalue weighted by Gasteiger charge is 2.27. The van der Waals surface area contributed by atoms with Crippen LogP contribution in [0.25, 0.3) is 11.0 Å². The molecule has 26 heavy (non-hydrogen) atoms. The molecule has 0 radical (unpaired) electrons. The van der Waals surface area contributed by atoms with Crippen LogP contribution in [0.1, 0.15) is 6.92 Å². The molecule has 0 spiro atoms. The smallest absolute Gasteiger partial charge is 0.271 e. The summed E-state index contributed by atoms with van der Waals surface area (Å²) in [6.07, 6.45) is 3.19. The predicted molar refractivity (Wildman–Crippen MR) is 98.4 cm³/mol. The summed E-state index contributed by atoms with van der Waals surface area (Å²) >= 11 is 0. The maximum atomic E-state index is 14.2. The van der Waals surface area contributed by atoms with Crippen LogP contribution in [0.3, 0.4) is 0 Å². The van der Waals surface area contributed by atoms with Gasteiger partial charge in [0.1, 0.15) is 16.2 Å². The lowest BCUT2D eigenvalue weighted by Gasteiger charge is -2.32. The number of nitrogens with one attached hydrogen (secondary N) is 1. The van der Waals surface area contributed by atoms with Crippen molar-refractivity contribution in [2.45, 2.75) is 17.9 Å². The van der Waals surface area contributed by atoms with Crippen molar-refractivity contribution >= 4 is 26.7 Å². The predicted octanol–water partition coefficient (Wildman–Crippen LogP) is 2.21. The average Bonchev–Trinajstić information content (AvgIpc) is 3.02. The molecule has 0 saturated carbocycles. The van der Waals surface area contributed by atoms with E-state index in [1.165, 1.54) is 18.2 Å². The summed E-state index contributed by atoms with van der Waals surface area (Å²) < 4.78 is 41.5. The zero-order chi connectivity index (χ0) is 18.3. The number of anilines is 1. The van der Waals surface area contributed by atoms with E-state index < -0.39 is 15.8 Å². The Balaban J connectivity index is 1.90. The number of fused-ring (bicyclic) bond motifs is 1. The van der Waals surface area contributed by atoms with Crippen molar-refractivity contribution in [2.24, 2.45) is 0 Å². The third-order valence-corrected chi connectivity index (χ3v) is 6.30. The standard InChI is InChI=1S/C18H19FN4O2S/c1-13-11-22(10-9-20-13)16-12-23(15-6-4-8-21-18(15)16)26(24,25)17-7-3-2-5-14(17)19/h2-8,12-13,20H,9-11H2,1H3/t13-/m0/s1. The SMILES string of the molecule is C[C@H]1CN(c2cn(S(=O)(=O)c3ccccc3F)c3cccnc23)CCN1. The van der Waals surface area contributed by atoms with Crippen LogP contribution in [0.4, 0.5) is 10.1 Å². The first kappa shape index (κ1) is 17.0. The van der Waals surface area contributed by atoms with E-state index in [2.05, 4.69) is 22.1 Å². The molecule has 1 N–H and O–H groups in total. The summed E-state index contributed by atoms with van der Waals surface area (Å²) in [5, 5.41) is 3.36. The molecule has 2 aromatic heterocycles. The molecule has 0 aliphatic carbocycles. The Morgan fingerprint density at radius 2 is 2.04 bits per heavy atom. The van der Waals surface area contributed by atoms with Gasteiger partial charge in [-0.25, -0.2) is 16.8 Å². The molecule has 0 unspecified atom stereocenters. The lowest BCUT2D eigenvalue weighted by Crippen LogP contribution is -2.49. The monoisotopic (exact) mass is 374 g/mol. The van der Waals surface area contributed by atoms with Gasteiger partial charge in [0.15, 0.2) is 0 Å². The van der Waals surface area contributed by atoms with Crippen LogP contribution in [-0.4, -0.2) is 43.1 Å². The first-order valence-corrected chi connectivity index (χ1v) is 9.87. The number of nitrogens with zero attached hydrogens (tertiary/aromatic N) is 3. The molecule has 3 heterocycles. The van der Waals surface area contributed by atoms with E-state index in [1.807, 2.05) is 0 Å². The van der Waals surface area contributed by atoms with E-state index in [0.29, 0.717) is 11.0 Å². The third kappa shape index (κ3) is 2.75. The summed E-state index contributed by atoms with van der Waals surface area (Å²) in [4.78, 5) is 6.16. The Hall–Kier alpha value is -2.45. The second kappa shape index (κ2) is 6.37. The van der Waals surface area contributed by atoms with Crippen molar-refractivity contribution < 1.29 is 12.8 Å². The molecule has 0 bridgehead atoms. The molecule has 3 aromatic rings. The highest BCUT2D eigenvalue weighted by molar-refractivity contribution is 7.90. The summed E-state index contributed by atoms with van der Waals surface area (Å²) in [5.74, 6) is -0.768. The molecule has 6 nitrogen and oxygen atoms in total. The second-order valence-electron chi connectivity index (χ2n) is 6.42. The van der Waals surface area contributed by atoms with Gasteiger partial charge in [-0.2, -0.15) is 0 Å². The number of aromatic nitrogens is 2. The van der Waals surface area contributed by atoms with Crippen LogP contribution in [0.15, 0.2) is 53.7 Å². The molecule has 1 aliphatic rings. The fourth-order valence-electron chi connectivity index (χ4n) is 3.36. The van der Waals surface area contributed by atoms with E-state index in [-0.39, 0.29) is 10.9 Å². The van der Waals surface area contributed by atoms with Gasteiger partial charge >= 0.3 is 0 Å². The van der Waals surface area contributed by atoms with E-state index >= 15 is 0 Å². The highest BCUT2D eigenvalue weighted by Crippen LogP contribution is 2.31. The summed E-state index contributed by atoms with van der Waals surface area (Å²) in [7, 11) is -4.07. The van der Waals surface area contributed by atoms with Crippen LogP contribution in [-0.2, 0) is 10.0 Å². The first-order valence-electron chi connectivity index (χ1n) is 8.43. The van der Waals surface area contributed by atoms with Crippen LogP contribution < -0.4 is 10.2 Å². The Kier molecular flexibility index (Phi) is 4.16. The lowest BCUT2D eigenvalue weighted by atomic mass is 10.2. The van der Waals surface area contributed by atoms with Crippen molar-refractivity contribution in [1.82, 2.24) is 14.3 Å². The van der Waals surface area contributed by atoms with Gasteiger partial charge in [0, 0.05) is 38.1 Å². The van der Waals surface area contributed by atoms with Crippen molar-refractivity contribution in [3.8, 4) is 0 Å². The van der Waals surface area contributed by atoms with Gasteiger partial charge in [-0.05, 0) is 31.2 Å². The minimum Gasteiger partial charge on any atom is -0.366 e. The Morgan fingerprint density at radius 3 is 2.81 bits per heavy atom. The number of halogens is 1. The molecule has 4 rings (SSSR count). The number of hydrogen-bond acceptors (Lipinski definition) is 5. The molecule has 1 saturated heterocycles. The molecule has 1 aliphatic heterocycles. The largest absolute Gasteiger partial charge is 0.366 e. The minimum absolute atomic E-state index is 0.286. The second-order valence-corrected chi connectivity index (χ2v) is 8.20. The Bertz CT molecular complexity index is 1060. The fraction of sp³-hybridized carbons (Fsp3) is 0.278. The number of benzene rings is 1. The molecular weight excluding hydrogens is 355 g/mol. The first-order chi connectivity index (χ1) is 12.5. The molecule has 0 amide bonds. The lowest BCUT2D eigenvalue weighted by molar-refractivity contribution is 0.485. The van der Waals surface area contributed by atoms with Gasteiger partial charge in [-0.15, -0.1) is 0 Å². The van der Waals surface area contributed by atoms with E-state index in [9.17, 15) is 12.8 Å². The molecule has 1 aromatic carbocycles. The quantitative estimate of drug-likeness (QED) is 0.761. The summed E-state index contributed by atoms with van der Waals surface area (Å²) in [5.41, 5.74) is 1.78. The van der Waals surface area contributed by atoms with Crippen molar-refractivity contribution in [3.63, 3.8) is 0 Å². The summed E-state index contributed by atoms with van der Waals surface area (Å²) in [6.45, 7) is 4.38. The molecule has 1 fully saturated rings. The molecule has 136 valence electrons. The van der Waals surface area contributed by atoms with E-state index in [1.54, 1.807) is 24.5 Å². The number of hydrogen-bond donors (Lipinski definition) is 1. The molecular formula is C18H19FN4O2S. The Morgan fingerprint density at radius 1 is 1.23 bits per heavy atom. The van der Waals surface area contributed by atoms with Crippen LogP contribution >= 0.6 is 0 Å². The topological polar surface area (TPSA) is 67.2 Å². The van der Waals surface area contributed by atoms with Gasteiger partial charge in [0.2, 0.25) is 0 Å². The average molecular weight is 374 g/mol. The minimum atomic E-state index is -4.07. The van der Waals surface area contributed by atoms with E-state index in [0.717, 1.165) is 35.4 Å². The van der Waals surface area contributed by atoms with Gasteiger partial charge in [-0.1, -0.05) is 12.1 Å². The zero-order valence-corrected chi connectivity index (χ0v) is 15.1. The molecule has 1 atom stereocenters.